The Morgan fingerprint density at radius 2 is 1.68 bits per heavy atom. The van der Waals surface area contributed by atoms with Gasteiger partial charge in [-0.25, -0.2) is 14.4 Å². The van der Waals surface area contributed by atoms with Gasteiger partial charge >= 0.3 is 5.97 Å². The van der Waals surface area contributed by atoms with Crippen molar-refractivity contribution < 1.29 is 19.4 Å². The smallest absolute Gasteiger partial charge is 0.303 e. The predicted octanol–water partition coefficient (Wildman–Crippen LogP) is 12.3. The Bertz CT molecular complexity index is 2760. The van der Waals surface area contributed by atoms with Crippen LogP contribution in [0, 0.1) is 11.2 Å². The quantitative estimate of drug-likeness (QED) is 0.0758. The number of rotatable bonds is 16. The molecular weight excluding hydrogens is 853 g/mol. The number of nitrogens with one attached hydrogen (secondary N) is 2. The topological polar surface area (TPSA) is 112 Å². The number of aliphatic hydroxyl groups is 1. The van der Waals surface area contributed by atoms with Crippen molar-refractivity contribution in [3.63, 3.8) is 0 Å². The molecule has 3 heterocycles. The molecule has 2 aromatic heterocycles. The van der Waals surface area contributed by atoms with Gasteiger partial charge in [0.25, 0.3) is 0 Å². The van der Waals surface area contributed by atoms with E-state index in [0.717, 1.165) is 113 Å². The molecule has 0 radical (unpaired) electrons. The number of aromatic nitrogens is 3. The van der Waals surface area contributed by atoms with Gasteiger partial charge in [-0.05, 0) is 147 Å². The molecule has 0 amide bonds. The number of para-hydroxylation sites is 2. The molecular formula is C54H57ClFN5O3S. The molecule has 1 aliphatic carbocycles. The van der Waals surface area contributed by atoms with Crippen LogP contribution >= 0.6 is 23.4 Å². The Morgan fingerprint density at radius 1 is 0.923 bits per heavy atom. The third-order valence-electron chi connectivity index (χ3n) is 12.4. The molecule has 2 fully saturated rings. The van der Waals surface area contributed by atoms with Crippen molar-refractivity contribution in [2.24, 2.45) is 5.41 Å². The van der Waals surface area contributed by atoms with Gasteiger partial charge in [-0.15, -0.1) is 0 Å². The zero-order valence-electron chi connectivity index (χ0n) is 37.0. The Labute approximate surface area is 390 Å². The number of carboxylic acids is 1. The number of anilines is 1. The molecule has 1 aliphatic heterocycles. The van der Waals surface area contributed by atoms with Gasteiger partial charge in [-0.2, -0.15) is 11.8 Å². The summed E-state index contributed by atoms with van der Waals surface area (Å²) in [7, 11) is 0. The number of nitrogens with zero attached hydrogens (tertiary/aromatic N) is 3. The van der Waals surface area contributed by atoms with E-state index in [9.17, 15) is 19.4 Å². The van der Waals surface area contributed by atoms with Gasteiger partial charge in [0.15, 0.2) is 0 Å². The summed E-state index contributed by atoms with van der Waals surface area (Å²) >= 11 is 8.04. The van der Waals surface area contributed by atoms with E-state index < -0.39 is 11.6 Å². The number of carboxylic acid groups (broad SMARTS) is 1. The third-order valence-corrected chi connectivity index (χ3v) is 14.3. The van der Waals surface area contributed by atoms with Gasteiger partial charge in [0.05, 0.1) is 40.8 Å². The summed E-state index contributed by atoms with van der Waals surface area (Å²) in [5, 5.41) is 29.1. The molecule has 0 bridgehead atoms. The monoisotopic (exact) mass is 909 g/mol. The van der Waals surface area contributed by atoms with E-state index in [2.05, 4.69) is 63.7 Å². The molecule has 5 aromatic carbocycles. The number of aliphatic carboxylic acids is 1. The summed E-state index contributed by atoms with van der Waals surface area (Å²) in [6.07, 6.45) is 10.2. The number of halogens is 2. The van der Waals surface area contributed by atoms with Crippen molar-refractivity contribution in [2.75, 3.05) is 24.2 Å². The van der Waals surface area contributed by atoms with Crippen LogP contribution in [0.25, 0.3) is 34.1 Å². The molecule has 0 spiro atoms. The van der Waals surface area contributed by atoms with Crippen molar-refractivity contribution in [3.8, 4) is 0 Å². The lowest BCUT2D eigenvalue weighted by Crippen LogP contribution is -2.36. The Morgan fingerprint density at radius 3 is 2.45 bits per heavy atom. The molecule has 11 heteroatoms. The third kappa shape index (κ3) is 12.4. The Kier molecular flexibility index (Phi) is 14.7. The molecule has 4 N–H and O–H groups in total. The number of benzene rings is 5. The highest BCUT2D eigenvalue weighted by molar-refractivity contribution is 7.99. The number of pyridine rings is 1. The van der Waals surface area contributed by atoms with Crippen LogP contribution in [0.4, 0.5) is 10.3 Å². The van der Waals surface area contributed by atoms with Crippen molar-refractivity contribution in [1.82, 2.24) is 19.9 Å². The highest BCUT2D eigenvalue weighted by atomic mass is 35.5. The van der Waals surface area contributed by atoms with E-state index >= 15 is 0 Å². The van der Waals surface area contributed by atoms with Crippen molar-refractivity contribution in [2.45, 2.75) is 82.2 Å². The van der Waals surface area contributed by atoms with E-state index in [4.69, 9.17) is 21.6 Å². The first-order valence-electron chi connectivity index (χ1n) is 22.6. The average Bonchev–Trinajstić information content (AvgIpc) is 3.98. The van der Waals surface area contributed by atoms with E-state index in [-0.39, 0.29) is 22.9 Å². The summed E-state index contributed by atoms with van der Waals surface area (Å²) in [4.78, 5) is 21.0. The second kappa shape index (κ2) is 20.8. The Hall–Kier alpha value is -5.52. The number of aryl methyl sites for hydroxylation is 1. The van der Waals surface area contributed by atoms with Crippen molar-refractivity contribution >= 4 is 69.4 Å². The molecule has 0 unspecified atom stereocenters. The summed E-state index contributed by atoms with van der Waals surface area (Å²) in [5.74, 6) is 0.811. The molecule has 65 heavy (non-hydrogen) atoms. The minimum absolute atomic E-state index is 0.0814. The summed E-state index contributed by atoms with van der Waals surface area (Å²) < 4.78 is 15.4. The molecule has 7 aromatic rings. The lowest BCUT2D eigenvalue weighted by molar-refractivity contribution is -0.138. The maximum atomic E-state index is 13.2. The second-order valence-corrected chi connectivity index (χ2v) is 19.6. The highest BCUT2D eigenvalue weighted by Gasteiger charge is 2.44. The number of hydrogen-bond acceptors (Lipinski definition) is 7. The minimum Gasteiger partial charge on any atom is -0.481 e. The molecule has 1 saturated carbocycles. The summed E-state index contributed by atoms with van der Waals surface area (Å²) in [6, 6.07) is 41.7. The zero-order valence-corrected chi connectivity index (χ0v) is 38.6. The zero-order chi connectivity index (χ0) is 45.4. The standard InChI is InChI=1S/C35H36ClNO3S.C19H21FN4/c1-34(2,40)30-9-4-3-7-25(30)13-17-32(41-23-35(18-19-35)22-33(38)39)27-8-5-6-24(20-27)10-15-29-16-12-26-11-14-28(36)21-31(26)37-29;20-15-7-5-14(6-8-15)13-24-18-4-2-1-3-17(18)23-19(24)22-16-9-11-21-12-10-16/h3-12,14-16,20-21,32,40H,13,17-19,22-23H2,1-2H3,(H,38,39);1-8,16,21H,9-13H2,(H,22,23)/b15-10+;/t32-;/m1./s1. The SMILES string of the molecule is CC(C)(O)c1ccccc1CC[C@@H](SCC1(CC(=O)O)CC1)c1cccc(/C=C/c2ccc3ccc(Cl)cc3n2)c1.Fc1ccc(Cn2c(NC3CCNCC3)nc3ccccc32)cc1. The number of hydrogen-bond donors (Lipinski definition) is 4. The maximum Gasteiger partial charge on any atom is 0.303 e. The molecule has 1 atom stereocenters. The average molecular weight is 911 g/mol. The van der Waals surface area contributed by atoms with E-state index in [1.54, 1.807) is 0 Å². The van der Waals surface area contributed by atoms with Gasteiger partial charge in [0.2, 0.25) is 5.95 Å². The Balaban J connectivity index is 0.000000203. The number of imidazole rings is 1. The number of thioether (sulfide) groups is 1. The van der Waals surface area contributed by atoms with Gasteiger partial charge in [-0.1, -0.05) is 103 Å². The largest absolute Gasteiger partial charge is 0.481 e. The van der Waals surface area contributed by atoms with Crippen LogP contribution in [-0.4, -0.2) is 55.6 Å². The predicted molar refractivity (Wildman–Crippen MR) is 266 cm³/mol. The first-order chi connectivity index (χ1) is 31.4. The molecule has 336 valence electrons. The molecule has 8 nitrogen and oxygen atoms in total. The van der Waals surface area contributed by atoms with Crippen molar-refractivity contribution in [1.29, 1.82) is 0 Å². The number of piperidine rings is 1. The van der Waals surface area contributed by atoms with Gasteiger partial charge in [0.1, 0.15) is 5.82 Å². The van der Waals surface area contributed by atoms with Crippen molar-refractivity contribution in [3.05, 3.63) is 172 Å². The fourth-order valence-electron chi connectivity index (χ4n) is 8.63. The molecule has 1 saturated heterocycles. The fraction of sp³-hybridized carbons (Fsp3) is 0.315. The molecule has 9 rings (SSSR count). The van der Waals surface area contributed by atoms with Gasteiger partial charge < -0.3 is 25.4 Å². The maximum absolute atomic E-state index is 13.2. The second-order valence-electron chi connectivity index (χ2n) is 18.0. The summed E-state index contributed by atoms with van der Waals surface area (Å²) in [5.41, 5.74) is 8.29. The first-order valence-corrected chi connectivity index (χ1v) is 24.0. The fourth-order valence-corrected chi connectivity index (χ4v) is 10.4. The van der Waals surface area contributed by atoms with Crippen LogP contribution in [-0.2, 0) is 23.4 Å². The highest BCUT2D eigenvalue weighted by Crippen LogP contribution is 2.53. The number of fused-ring (bicyclic) bond motifs is 2. The van der Waals surface area contributed by atoms with Crippen LogP contribution in [0.1, 0.15) is 91.1 Å². The lowest BCUT2D eigenvalue weighted by atomic mass is 9.90. The van der Waals surface area contributed by atoms with Gasteiger partial charge in [-0.3, -0.25) is 4.79 Å². The summed E-state index contributed by atoms with van der Waals surface area (Å²) in [6.45, 7) is 6.41. The lowest BCUT2D eigenvalue weighted by Gasteiger charge is -2.24. The van der Waals surface area contributed by atoms with Crippen LogP contribution in [0.3, 0.4) is 0 Å². The van der Waals surface area contributed by atoms with Crippen LogP contribution in [0.2, 0.25) is 5.02 Å². The van der Waals surface area contributed by atoms with E-state index in [0.29, 0.717) is 17.6 Å². The van der Waals surface area contributed by atoms with Gasteiger partial charge in [0, 0.05) is 27.5 Å². The first kappa shape index (κ1) is 46.0. The van der Waals surface area contributed by atoms with Crippen LogP contribution in [0.15, 0.2) is 127 Å². The van der Waals surface area contributed by atoms with Crippen LogP contribution < -0.4 is 10.6 Å². The minimum atomic E-state index is -0.911. The van der Waals surface area contributed by atoms with E-state index in [1.165, 1.54) is 17.7 Å². The van der Waals surface area contributed by atoms with E-state index in [1.807, 2.05) is 104 Å². The molecule has 2 aliphatic rings. The normalized spacial score (nSPS) is 15.5. The number of carbonyl (C=O) groups is 1. The van der Waals surface area contributed by atoms with Crippen LogP contribution in [0.5, 0.6) is 0 Å².